The van der Waals surface area contributed by atoms with E-state index in [-0.39, 0.29) is 12.8 Å². The van der Waals surface area contributed by atoms with Gasteiger partial charge in [0.1, 0.15) is 5.82 Å². The molecule has 0 fully saturated rings. The second-order valence-corrected chi connectivity index (χ2v) is 8.49. The fourth-order valence-electron chi connectivity index (χ4n) is 4.20. The molecule has 32 heavy (non-hydrogen) atoms. The number of aromatic nitrogens is 2. The number of nitrogens with zero attached hydrogens (tertiary/aromatic N) is 2. The predicted octanol–water partition coefficient (Wildman–Crippen LogP) is 5.15. The third-order valence-electron chi connectivity index (χ3n) is 5.92. The highest BCUT2D eigenvalue weighted by molar-refractivity contribution is 5.68. The van der Waals surface area contributed by atoms with Crippen molar-refractivity contribution >= 4 is 11.8 Å². The van der Waals surface area contributed by atoms with Crippen molar-refractivity contribution in [3.8, 4) is 5.88 Å². The van der Waals surface area contributed by atoms with Gasteiger partial charge in [0.15, 0.2) is 0 Å². The molecule has 3 heterocycles. The van der Waals surface area contributed by atoms with Gasteiger partial charge in [-0.1, -0.05) is 12.1 Å². The number of alkyl halides is 2. The minimum Gasteiger partial charge on any atom is -0.481 e. The number of nitrogens with one attached hydrogen (secondary N) is 1. The second kappa shape index (κ2) is 10.7. The number of methoxy groups -OCH3 is 1. The molecule has 0 amide bonds. The quantitative estimate of drug-likeness (QED) is 0.464. The van der Waals surface area contributed by atoms with Crippen LogP contribution in [0.4, 0.5) is 14.6 Å². The van der Waals surface area contributed by atoms with Crippen LogP contribution in [0.3, 0.4) is 0 Å². The Labute approximate surface area is 187 Å². The first-order chi connectivity index (χ1) is 15.3. The number of fused-ring (bicyclic) bond motifs is 1. The molecule has 0 radical (unpaired) electrons. The average Bonchev–Trinajstić information content (AvgIpc) is 2.76. The molecule has 1 aliphatic rings. The normalized spacial score (nSPS) is 14.4. The van der Waals surface area contributed by atoms with E-state index in [0.29, 0.717) is 30.7 Å². The zero-order valence-electron chi connectivity index (χ0n) is 18.7. The summed E-state index contributed by atoms with van der Waals surface area (Å²) in [4.78, 5) is 20.0. The SMILES string of the molecule is COc1ccc([C@@H](CC(=O)O)CC(F)(F)CCCCc2nc3c(cc2C)CCCN3)cn1. The van der Waals surface area contributed by atoms with Gasteiger partial charge in [-0.3, -0.25) is 4.79 Å². The summed E-state index contributed by atoms with van der Waals surface area (Å²) in [7, 11) is 1.46. The highest BCUT2D eigenvalue weighted by atomic mass is 19.3. The van der Waals surface area contributed by atoms with E-state index in [1.54, 1.807) is 12.1 Å². The standard InChI is InChI=1S/C24H31F2N3O3/c1-16-12-17-6-5-11-27-23(17)29-20(16)7-3-4-10-24(25,26)14-19(13-22(30)31)18-8-9-21(32-2)28-15-18/h8-9,12,15,19H,3-7,10-11,13-14H2,1-2H3,(H,27,29)(H,30,31)/t19-/m0/s1. The van der Waals surface area contributed by atoms with Crippen molar-refractivity contribution in [1.29, 1.82) is 0 Å². The Hall–Kier alpha value is -2.77. The highest BCUT2D eigenvalue weighted by Gasteiger charge is 2.34. The lowest BCUT2D eigenvalue weighted by Crippen LogP contribution is -2.22. The third-order valence-corrected chi connectivity index (χ3v) is 5.92. The van der Waals surface area contributed by atoms with Gasteiger partial charge in [-0.05, 0) is 55.7 Å². The molecule has 0 saturated carbocycles. The second-order valence-electron chi connectivity index (χ2n) is 8.49. The van der Waals surface area contributed by atoms with E-state index < -0.39 is 24.2 Å². The van der Waals surface area contributed by atoms with E-state index in [1.807, 2.05) is 6.92 Å². The van der Waals surface area contributed by atoms with Gasteiger partial charge in [0.05, 0.1) is 13.5 Å². The van der Waals surface area contributed by atoms with Crippen LogP contribution in [-0.2, 0) is 17.6 Å². The molecular weight excluding hydrogens is 416 g/mol. The van der Waals surface area contributed by atoms with Crippen molar-refractivity contribution in [3.63, 3.8) is 0 Å². The summed E-state index contributed by atoms with van der Waals surface area (Å²) < 4.78 is 34.4. The third kappa shape index (κ3) is 6.61. The van der Waals surface area contributed by atoms with Crippen molar-refractivity contribution in [2.45, 2.75) is 70.1 Å². The van der Waals surface area contributed by atoms with Crippen molar-refractivity contribution in [2.24, 2.45) is 0 Å². The molecule has 174 valence electrons. The number of halogens is 2. The molecule has 6 nitrogen and oxygen atoms in total. The largest absolute Gasteiger partial charge is 0.481 e. The number of carboxylic acids is 1. The van der Waals surface area contributed by atoms with Gasteiger partial charge >= 0.3 is 5.97 Å². The number of anilines is 1. The minimum atomic E-state index is -2.96. The van der Waals surface area contributed by atoms with Crippen LogP contribution < -0.4 is 10.1 Å². The molecule has 2 aromatic heterocycles. The van der Waals surface area contributed by atoms with Gasteiger partial charge < -0.3 is 15.2 Å². The van der Waals surface area contributed by atoms with Gasteiger partial charge in [0.2, 0.25) is 11.8 Å². The van der Waals surface area contributed by atoms with E-state index in [4.69, 9.17) is 9.72 Å². The van der Waals surface area contributed by atoms with Crippen molar-refractivity contribution in [2.75, 3.05) is 19.0 Å². The van der Waals surface area contributed by atoms with E-state index >= 15 is 0 Å². The lowest BCUT2D eigenvalue weighted by atomic mass is 9.89. The maximum atomic E-state index is 14.7. The minimum absolute atomic E-state index is 0.283. The average molecular weight is 448 g/mol. The van der Waals surface area contributed by atoms with Gasteiger partial charge in [0.25, 0.3) is 0 Å². The number of unbranched alkanes of at least 4 members (excludes halogenated alkanes) is 1. The fraction of sp³-hybridized carbons (Fsp3) is 0.542. The Morgan fingerprint density at radius 3 is 2.84 bits per heavy atom. The number of pyridine rings is 2. The Bertz CT molecular complexity index is 919. The van der Waals surface area contributed by atoms with E-state index in [2.05, 4.69) is 16.4 Å². The molecule has 0 spiro atoms. The molecule has 1 aliphatic heterocycles. The summed E-state index contributed by atoms with van der Waals surface area (Å²) in [6.07, 6.45) is 3.97. The number of carbonyl (C=O) groups is 1. The first-order valence-electron chi connectivity index (χ1n) is 11.1. The lowest BCUT2D eigenvalue weighted by molar-refractivity contribution is -0.138. The first kappa shape index (κ1) is 23.9. The number of hydrogen-bond acceptors (Lipinski definition) is 5. The summed E-state index contributed by atoms with van der Waals surface area (Å²) in [5, 5.41) is 12.5. The van der Waals surface area contributed by atoms with Crippen molar-refractivity contribution < 1.29 is 23.4 Å². The number of hydrogen-bond donors (Lipinski definition) is 2. The topological polar surface area (TPSA) is 84.3 Å². The van der Waals surface area contributed by atoms with Crippen molar-refractivity contribution in [3.05, 3.63) is 46.8 Å². The monoisotopic (exact) mass is 447 g/mol. The zero-order chi connectivity index (χ0) is 23.1. The molecule has 0 bridgehead atoms. The zero-order valence-corrected chi connectivity index (χ0v) is 18.7. The molecule has 0 aromatic carbocycles. The Kier molecular flexibility index (Phi) is 7.99. The molecular formula is C24H31F2N3O3. The van der Waals surface area contributed by atoms with Crippen LogP contribution in [0.25, 0.3) is 0 Å². The van der Waals surface area contributed by atoms with Crippen molar-refractivity contribution in [1.82, 2.24) is 9.97 Å². The summed E-state index contributed by atoms with van der Waals surface area (Å²) in [6, 6.07) is 5.32. The van der Waals surface area contributed by atoms with Gasteiger partial charge in [-0.2, -0.15) is 0 Å². The number of aryl methyl sites for hydroxylation is 3. The van der Waals surface area contributed by atoms with Crippen LogP contribution in [-0.4, -0.2) is 40.6 Å². The maximum absolute atomic E-state index is 14.7. The van der Waals surface area contributed by atoms with Crippen LogP contribution >= 0.6 is 0 Å². The van der Waals surface area contributed by atoms with Crippen LogP contribution in [0.1, 0.15) is 66.8 Å². The molecule has 1 atom stereocenters. The van der Waals surface area contributed by atoms with Crippen LogP contribution in [0, 0.1) is 6.92 Å². The maximum Gasteiger partial charge on any atom is 0.303 e. The number of aliphatic carboxylic acids is 1. The summed E-state index contributed by atoms with van der Waals surface area (Å²) in [6.45, 7) is 2.93. The summed E-state index contributed by atoms with van der Waals surface area (Å²) in [5.74, 6) is -3.59. The number of carboxylic acid groups (broad SMARTS) is 1. The van der Waals surface area contributed by atoms with Gasteiger partial charge in [0, 0.05) is 43.3 Å². The Morgan fingerprint density at radius 1 is 1.34 bits per heavy atom. The highest BCUT2D eigenvalue weighted by Crippen LogP contribution is 2.36. The van der Waals surface area contributed by atoms with Crippen LogP contribution in [0.5, 0.6) is 5.88 Å². The van der Waals surface area contributed by atoms with E-state index in [9.17, 15) is 18.7 Å². The number of ether oxygens (including phenoxy) is 1. The predicted molar refractivity (Wildman–Crippen MR) is 119 cm³/mol. The lowest BCUT2D eigenvalue weighted by Gasteiger charge is -2.23. The molecule has 2 N–H and O–H groups in total. The van der Waals surface area contributed by atoms with Gasteiger partial charge in [-0.15, -0.1) is 0 Å². The molecule has 8 heteroatoms. The van der Waals surface area contributed by atoms with Crippen LogP contribution in [0.2, 0.25) is 0 Å². The Balaban J connectivity index is 1.55. The Morgan fingerprint density at radius 2 is 2.16 bits per heavy atom. The summed E-state index contributed by atoms with van der Waals surface area (Å²) in [5.41, 5.74) is 3.76. The molecule has 2 aromatic rings. The fourth-order valence-corrected chi connectivity index (χ4v) is 4.20. The molecule has 3 rings (SSSR count). The van der Waals surface area contributed by atoms with Crippen LogP contribution in [0.15, 0.2) is 24.4 Å². The summed E-state index contributed by atoms with van der Waals surface area (Å²) >= 11 is 0. The van der Waals surface area contributed by atoms with Gasteiger partial charge in [-0.25, -0.2) is 18.7 Å². The molecule has 0 saturated heterocycles. The van der Waals surface area contributed by atoms with E-state index in [1.165, 1.54) is 18.9 Å². The van der Waals surface area contributed by atoms with E-state index in [0.717, 1.165) is 36.5 Å². The molecule has 0 unspecified atom stereocenters. The number of rotatable bonds is 11. The smallest absolute Gasteiger partial charge is 0.303 e. The first-order valence-corrected chi connectivity index (χ1v) is 11.1. The molecule has 0 aliphatic carbocycles.